The van der Waals surface area contributed by atoms with E-state index in [1.165, 1.54) is 0 Å². The van der Waals surface area contributed by atoms with Crippen LogP contribution in [0.2, 0.25) is 0 Å². The molecule has 0 bridgehead atoms. The molecule has 0 spiro atoms. The van der Waals surface area contributed by atoms with Crippen LogP contribution in [0.15, 0.2) is 29.2 Å². The highest BCUT2D eigenvalue weighted by Crippen LogP contribution is 2.40. The first-order chi connectivity index (χ1) is 9.02. The van der Waals surface area contributed by atoms with Gasteiger partial charge in [-0.15, -0.1) is 0 Å². The Labute approximate surface area is 116 Å². The van der Waals surface area contributed by atoms with E-state index in [9.17, 15) is 8.42 Å². The molecule has 1 fully saturated rings. The molecule has 4 heteroatoms. The second-order valence-corrected chi connectivity index (χ2v) is 7.20. The van der Waals surface area contributed by atoms with Crippen molar-refractivity contribution in [2.45, 2.75) is 63.4 Å². The molecule has 2 rings (SSSR count). The number of hydrogen-bond acceptors (Lipinski definition) is 2. The highest BCUT2D eigenvalue weighted by molar-refractivity contribution is 7.89. The van der Waals surface area contributed by atoms with Gasteiger partial charge in [-0.25, -0.2) is 8.42 Å². The maximum Gasteiger partial charge on any atom is 0.243 e. The molecular weight excluding hydrogens is 258 g/mol. The average Bonchev–Trinajstić information content (AvgIpc) is 3.04. The first-order valence-electron chi connectivity index (χ1n) is 7.12. The lowest BCUT2D eigenvalue weighted by Gasteiger charge is -2.07. The van der Waals surface area contributed by atoms with Crippen LogP contribution in [-0.2, 0) is 10.0 Å². The monoisotopic (exact) mass is 281 g/mol. The van der Waals surface area contributed by atoms with Crippen molar-refractivity contribution in [2.24, 2.45) is 0 Å². The highest BCUT2D eigenvalue weighted by atomic mass is 32.2. The van der Waals surface area contributed by atoms with E-state index in [-0.39, 0.29) is 12.1 Å². The zero-order valence-corrected chi connectivity index (χ0v) is 12.8. The fourth-order valence-corrected chi connectivity index (χ4v) is 4.60. The molecule has 0 aliphatic carbocycles. The van der Waals surface area contributed by atoms with E-state index in [1.807, 2.05) is 19.1 Å². The summed E-state index contributed by atoms with van der Waals surface area (Å²) in [5.41, 5.74) is 1.08. The molecule has 1 saturated heterocycles. The first-order valence-corrected chi connectivity index (χ1v) is 8.56. The smallest absolute Gasteiger partial charge is 0.207 e. The topological polar surface area (TPSA) is 37.1 Å². The largest absolute Gasteiger partial charge is 0.243 e. The van der Waals surface area contributed by atoms with Crippen molar-refractivity contribution in [3.8, 4) is 0 Å². The second-order valence-electron chi connectivity index (χ2n) is 5.36. The summed E-state index contributed by atoms with van der Waals surface area (Å²) >= 11 is 0. The van der Waals surface area contributed by atoms with Crippen molar-refractivity contribution in [2.75, 3.05) is 0 Å². The van der Waals surface area contributed by atoms with E-state index in [0.29, 0.717) is 4.90 Å². The van der Waals surface area contributed by atoms with Crippen molar-refractivity contribution >= 4 is 10.0 Å². The Kier molecular flexibility index (Phi) is 4.31. The van der Waals surface area contributed by atoms with Crippen molar-refractivity contribution < 1.29 is 8.42 Å². The van der Waals surface area contributed by atoms with Crippen LogP contribution in [0.1, 0.15) is 45.1 Å². The van der Waals surface area contributed by atoms with Gasteiger partial charge in [-0.2, -0.15) is 4.31 Å². The fraction of sp³-hybridized carbons (Fsp3) is 0.600. The van der Waals surface area contributed by atoms with Gasteiger partial charge in [0.05, 0.1) is 4.90 Å². The molecule has 3 nitrogen and oxygen atoms in total. The predicted molar refractivity (Wildman–Crippen MR) is 77.6 cm³/mol. The molecule has 1 aliphatic rings. The Morgan fingerprint density at radius 3 is 1.89 bits per heavy atom. The van der Waals surface area contributed by atoms with Crippen LogP contribution in [0.4, 0.5) is 0 Å². The van der Waals surface area contributed by atoms with E-state index in [4.69, 9.17) is 0 Å². The number of sulfonamides is 1. The van der Waals surface area contributed by atoms with Gasteiger partial charge in [0.15, 0.2) is 0 Å². The maximum atomic E-state index is 12.6. The number of aryl methyl sites for hydroxylation is 1. The Balaban J connectivity index is 2.22. The minimum Gasteiger partial charge on any atom is -0.207 e. The van der Waals surface area contributed by atoms with Crippen LogP contribution < -0.4 is 0 Å². The normalized spacial score (nSPS) is 26.4. The molecule has 106 valence electrons. The van der Waals surface area contributed by atoms with E-state index in [2.05, 4.69) is 13.8 Å². The van der Waals surface area contributed by atoms with Crippen LogP contribution in [0.25, 0.3) is 0 Å². The van der Waals surface area contributed by atoms with Crippen LogP contribution in [0.3, 0.4) is 0 Å². The Morgan fingerprint density at radius 1 is 1.00 bits per heavy atom. The van der Waals surface area contributed by atoms with Crippen LogP contribution >= 0.6 is 0 Å². The van der Waals surface area contributed by atoms with Crippen molar-refractivity contribution in [3.05, 3.63) is 29.8 Å². The van der Waals surface area contributed by atoms with Gasteiger partial charge < -0.3 is 0 Å². The summed E-state index contributed by atoms with van der Waals surface area (Å²) in [4.78, 5) is 0.429. The lowest BCUT2D eigenvalue weighted by atomic mass is 10.1. The zero-order valence-electron chi connectivity index (χ0n) is 12.0. The second kappa shape index (κ2) is 5.63. The standard InChI is InChI=1S/C15H23NO2S/c1-4-6-14-15(7-5-2)16(14)19(17,18)13-10-8-12(3)9-11-13/h8-11,14-15H,4-7H2,1-3H3/t14-,15+,16?. The number of hydrogen-bond donors (Lipinski definition) is 0. The number of nitrogens with zero attached hydrogens (tertiary/aromatic N) is 1. The van der Waals surface area contributed by atoms with Crippen LogP contribution in [0.5, 0.6) is 0 Å². The Morgan fingerprint density at radius 2 is 1.47 bits per heavy atom. The highest BCUT2D eigenvalue weighted by Gasteiger charge is 2.53. The third kappa shape index (κ3) is 2.84. The molecule has 19 heavy (non-hydrogen) atoms. The SMILES string of the molecule is CCC[C@@H]1[C@H](CCC)N1S(=O)(=O)c1ccc(C)cc1. The summed E-state index contributed by atoms with van der Waals surface area (Å²) < 4.78 is 26.9. The molecule has 1 aromatic carbocycles. The van der Waals surface area contributed by atoms with Crippen LogP contribution in [-0.4, -0.2) is 24.8 Å². The van der Waals surface area contributed by atoms with Gasteiger partial charge in [0.1, 0.15) is 0 Å². The fourth-order valence-electron chi connectivity index (χ4n) is 2.73. The molecule has 3 atom stereocenters. The molecule has 1 unspecified atom stereocenters. The number of rotatable bonds is 6. The van der Waals surface area contributed by atoms with E-state index >= 15 is 0 Å². The lowest BCUT2D eigenvalue weighted by molar-refractivity contribution is 0.536. The predicted octanol–water partition coefficient (Wildman–Crippen LogP) is 3.34. The molecule has 1 heterocycles. The quantitative estimate of drug-likeness (QED) is 0.750. The summed E-state index contributed by atoms with van der Waals surface area (Å²) in [5.74, 6) is 0. The third-order valence-electron chi connectivity index (χ3n) is 3.77. The molecule has 1 aromatic rings. The van der Waals surface area contributed by atoms with Gasteiger partial charge >= 0.3 is 0 Å². The maximum absolute atomic E-state index is 12.6. The minimum atomic E-state index is -3.29. The molecule has 0 radical (unpaired) electrons. The van der Waals surface area contributed by atoms with Crippen molar-refractivity contribution in [1.82, 2.24) is 4.31 Å². The summed E-state index contributed by atoms with van der Waals surface area (Å²) in [6.07, 6.45) is 4.00. The molecule has 0 saturated carbocycles. The summed E-state index contributed by atoms with van der Waals surface area (Å²) in [6, 6.07) is 7.59. The van der Waals surface area contributed by atoms with Crippen LogP contribution in [0, 0.1) is 6.92 Å². The van der Waals surface area contributed by atoms with Crippen molar-refractivity contribution in [1.29, 1.82) is 0 Å². The summed E-state index contributed by atoms with van der Waals surface area (Å²) in [6.45, 7) is 6.18. The van der Waals surface area contributed by atoms with Gasteiger partial charge in [-0.3, -0.25) is 0 Å². The van der Waals surface area contributed by atoms with Gasteiger partial charge in [0.2, 0.25) is 10.0 Å². The molecule has 1 aliphatic heterocycles. The third-order valence-corrected chi connectivity index (χ3v) is 5.74. The summed E-state index contributed by atoms with van der Waals surface area (Å²) in [5, 5.41) is 0. The zero-order chi connectivity index (χ0) is 14.0. The molecular formula is C15H23NO2S. The Hall–Kier alpha value is -0.870. The Bertz CT molecular complexity index is 510. The minimum absolute atomic E-state index is 0.219. The summed E-state index contributed by atoms with van der Waals surface area (Å²) in [7, 11) is -3.29. The van der Waals surface area contributed by atoms with Crippen molar-refractivity contribution in [3.63, 3.8) is 0 Å². The van der Waals surface area contributed by atoms with Gasteiger partial charge in [0, 0.05) is 12.1 Å². The average molecular weight is 281 g/mol. The molecule has 0 amide bonds. The molecule has 0 aromatic heterocycles. The number of benzene rings is 1. The molecule has 0 N–H and O–H groups in total. The lowest BCUT2D eigenvalue weighted by Crippen LogP contribution is -2.16. The van der Waals surface area contributed by atoms with E-state index < -0.39 is 10.0 Å². The van der Waals surface area contributed by atoms with Gasteiger partial charge in [0.25, 0.3) is 0 Å². The van der Waals surface area contributed by atoms with E-state index in [1.54, 1.807) is 16.4 Å². The first kappa shape index (κ1) is 14.5. The van der Waals surface area contributed by atoms with Gasteiger partial charge in [-0.05, 0) is 31.9 Å². The van der Waals surface area contributed by atoms with E-state index in [0.717, 1.165) is 31.2 Å². The van der Waals surface area contributed by atoms with Gasteiger partial charge in [-0.1, -0.05) is 44.4 Å².